The maximum Gasteiger partial charge on any atom is 0.269 e. The molecule has 0 unspecified atom stereocenters. The van der Waals surface area contributed by atoms with Gasteiger partial charge in [-0.25, -0.2) is 0 Å². The molecule has 0 spiro atoms. The maximum atomic E-state index is 12.4. The number of carbonyl (C=O) groups excluding carboxylic acids is 1. The van der Waals surface area contributed by atoms with Crippen LogP contribution in [0.1, 0.15) is 55.2 Å². The van der Waals surface area contributed by atoms with Crippen LogP contribution in [-0.2, 0) is 10.2 Å². The van der Waals surface area contributed by atoms with Gasteiger partial charge >= 0.3 is 0 Å². The first-order valence-electron chi connectivity index (χ1n) is 11.2. The number of carbonyl (C=O) groups is 1. The number of nitro groups is 1. The number of benzene rings is 2. The van der Waals surface area contributed by atoms with Crippen molar-refractivity contribution >= 4 is 23.4 Å². The van der Waals surface area contributed by atoms with E-state index in [1.54, 1.807) is 18.2 Å². The van der Waals surface area contributed by atoms with Gasteiger partial charge in [0.1, 0.15) is 0 Å². The summed E-state index contributed by atoms with van der Waals surface area (Å²) in [6.45, 7) is 2.07. The minimum atomic E-state index is -0.434. The molecule has 160 valence electrons. The van der Waals surface area contributed by atoms with Gasteiger partial charge in [0, 0.05) is 23.9 Å². The smallest absolute Gasteiger partial charge is 0.269 e. The summed E-state index contributed by atoms with van der Waals surface area (Å²) < 4.78 is 0. The average molecular weight is 417 g/mol. The number of rotatable bonds is 5. The van der Waals surface area contributed by atoms with Crippen LogP contribution >= 0.6 is 0 Å². The monoisotopic (exact) mass is 416 g/mol. The molecule has 0 radical (unpaired) electrons. The summed E-state index contributed by atoms with van der Waals surface area (Å²) >= 11 is 0. The summed E-state index contributed by atoms with van der Waals surface area (Å²) in [6, 6.07) is 12.7. The highest BCUT2D eigenvalue weighted by atomic mass is 16.6. The van der Waals surface area contributed by atoms with E-state index in [1.807, 2.05) is 0 Å². The topological polar surface area (TPSA) is 72.2 Å². The SMILES string of the molecule is Cc1cc(C23CC4CC(CC(C4)C2)C3)ccc1NC(=O)C=Cc1ccc([N+](=O)[O-])cc1. The lowest BCUT2D eigenvalue weighted by Gasteiger charge is -2.57. The minimum Gasteiger partial charge on any atom is -0.322 e. The first-order valence-corrected chi connectivity index (χ1v) is 11.2. The van der Waals surface area contributed by atoms with Crippen LogP contribution in [0.3, 0.4) is 0 Å². The molecule has 6 rings (SSSR count). The first-order chi connectivity index (χ1) is 14.9. The fourth-order valence-electron chi connectivity index (χ4n) is 6.65. The number of amides is 1. The Morgan fingerprint density at radius 1 is 1.03 bits per heavy atom. The lowest BCUT2D eigenvalue weighted by molar-refractivity contribution is -0.384. The van der Waals surface area contributed by atoms with E-state index in [1.165, 1.54) is 62.3 Å². The lowest BCUT2D eigenvalue weighted by atomic mass is 9.48. The molecule has 31 heavy (non-hydrogen) atoms. The molecule has 4 fully saturated rings. The zero-order chi connectivity index (χ0) is 21.6. The van der Waals surface area contributed by atoms with Crippen LogP contribution in [0.25, 0.3) is 6.08 Å². The molecule has 0 aliphatic heterocycles. The molecular formula is C26H28N2O3. The normalized spacial score (nSPS) is 28.7. The second kappa shape index (κ2) is 7.63. The average Bonchev–Trinajstić information content (AvgIpc) is 2.73. The van der Waals surface area contributed by atoms with E-state index in [9.17, 15) is 14.9 Å². The molecular weight excluding hydrogens is 388 g/mol. The summed E-state index contributed by atoms with van der Waals surface area (Å²) in [4.78, 5) is 22.7. The van der Waals surface area contributed by atoms with Gasteiger partial charge in [-0.1, -0.05) is 12.1 Å². The Hall–Kier alpha value is -2.95. The van der Waals surface area contributed by atoms with Crippen molar-refractivity contribution in [3.63, 3.8) is 0 Å². The molecule has 4 bridgehead atoms. The molecule has 0 aromatic heterocycles. The fourth-order valence-corrected chi connectivity index (χ4v) is 6.65. The first kappa shape index (κ1) is 20.0. The molecule has 1 N–H and O–H groups in total. The van der Waals surface area contributed by atoms with Gasteiger partial charge in [-0.2, -0.15) is 0 Å². The second-order valence-corrected chi connectivity index (χ2v) is 9.90. The summed E-state index contributed by atoms with van der Waals surface area (Å²) in [5.41, 5.74) is 4.55. The third kappa shape index (κ3) is 3.89. The van der Waals surface area contributed by atoms with E-state index in [0.717, 1.165) is 34.6 Å². The lowest BCUT2D eigenvalue weighted by Crippen LogP contribution is -2.48. The number of non-ortho nitro benzene ring substituents is 1. The van der Waals surface area contributed by atoms with E-state index in [4.69, 9.17) is 0 Å². The predicted molar refractivity (Wildman–Crippen MR) is 122 cm³/mol. The molecule has 0 saturated heterocycles. The van der Waals surface area contributed by atoms with Gasteiger partial charge in [-0.3, -0.25) is 14.9 Å². The van der Waals surface area contributed by atoms with Crippen molar-refractivity contribution in [1.82, 2.24) is 0 Å². The standard InChI is InChI=1S/C26H28N2O3/c1-17-10-22(26-14-19-11-20(15-26)13-21(12-19)16-26)5-8-24(17)27-25(29)9-4-18-2-6-23(7-3-18)28(30)31/h2-10,19-21H,11-16H2,1H3,(H,27,29). The van der Waals surface area contributed by atoms with Crippen LogP contribution in [0, 0.1) is 34.8 Å². The van der Waals surface area contributed by atoms with Gasteiger partial charge in [0.15, 0.2) is 0 Å². The third-order valence-corrected chi connectivity index (χ3v) is 7.67. The molecule has 4 aliphatic carbocycles. The molecule has 2 aromatic rings. The summed E-state index contributed by atoms with van der Waals surface area (Å²) in [7, 11) is 0. The predicted octanol–water partition coefficient (Wildman–Crippen LogP) is 6.02. The summed E-state index contributed by atoms with van der Waals surface area (Å²) in [6.07, 6.45) is 11.5. The number of nitro benzene ring substituents is 1. The Balaban J connectivity index is 1.27. The van der Waals surface area contributed by atoms with Crippen molar-refractivity contribution in [2.75, 3.05) is 5.32 Å². The van der Waals surface area contributed by atoms with E-state index < -0.39 is 4.92 Å². The minimum absolute atomic E-state index is 0.0383. The van der Waals surface area contributed by atoms with Crippen molar-refractivity contribution in [3.05, 3.63) is 75.3 Å². The van der Waals surface area contributed by atoms with E-state index in [2.05, 4.69) is 30.4 Å². The fraction of sp³-hybridized carbons (Fsp3) is 0.423. The quantitative estimate of drug-likeness (QED) is 0.368. The molecule has 5 nitrogen and oxygen atoms in total. The van der Waals surface area contributed by atoms with E-state index in [0.29, 0.717) is 5.41 Å². The Morgan fingerprint density at radius 2 is 1.65 bits per heavy atom. The van der Waals surface area contributed by atoms with Crippen LogP contribution in [0.15, 0.2) is 48.5 Å². The molecule has 2 aromatic carbocycles. The van der Waals surface area contributed by atoms with Crippen molar-refractivity contribution in [2.24, 2.45) is 17.8 Å². The van der Waals surface area contributed by atoms with E-state index >= 15 is 0 Å². The number of nitrogens with zero attached hydrogens (tertiary/aromatic N) is 1. The molecule has 4 saturated carbocycles. The van der Waals surface area contributed by atoms with Crippen LogP contribution in [-0.4, -0.2) is 10.8 Å². The largest absolute Gasteiger partial charge is 0.322 e. The Morgan fingerprint density at radius 3 is 2.19 bits per heavy atom. The zero-order valence-corrected chi connectivity index (χ0v) is 17.8. The van der Waals surface area contributed by atoms with Gasteiger partial charge < -0.3 is 5.32 Å². The Bertz CT molecular complexity index is 1020. The number of hydrogen-bond donors (Lipinski definition) is 1. The van der Waals surface area contributed by atoms with Crippen molar-refractivity contribution in [3.8, 4) is 0 Å². The summed E-state index contributed by atoms with van der Waals surface area (Å²) in [5, 5.41) is 13.7. The van der Waals surface area contributed by atoms with Crippen LogP contribution in [0.4, 0.5) is 11.4 Å². The molecule has 0 atom stereocenters. The summed E-state index contributed by atoms with van der Waals surface area (Å²) in [5.74, 6) is 2.53. The van der Waals surface area contributed by atoms with Gasteiger partial charge in [0.2, 0.25) is 5.91 Å². The van der Waals surface area contributed by atoms with Gasteiger partial charge in [0.25, 0.3) is 5.69 Å². The van der Waals surface area contributed by atoms with Crippen molar-refractivity contribution < 1.29 is 9.72 Å². The Labute approximate surface area is 182 Å². The van der Waals surface area contributed by atoms with Crippen LogP contribution in [0.5, 0.6) is 0 Å². The van der Waals surface area contributed by atoms with E-state index in [-0.39, 0.29) is 11.6 Å². The number of nitrogens with one attached hydrogen (secondary N) is 1. The highest BCUT2D eigenvalue weighted by Crippen LogP contribution is 2.60. The van der Waals surface area contributed by atoms with Crippen LogP contribution < -0.4 is 5.32 Å². The number of anilines is 1. The zero-order valence-electron chi connectivity index (χ0n) is 17.8. The highest BCUT2D eigenvalue weighted by Gasteiger charge is 2.51. The van der Waals surface area contributed by atoms with Gasteiger partial charge in [0.05, 0.1) is 4.92 Å². The van der Waals surface area contributed by atoms with Crippen molar-refractivity contribution in [1.29, 1.82) is 0 Å². The van der Waals surface area contributed by atoms with Crippen LogP contribution in [0.2, 0.25) is 0 Å². The van der Waals surface area contributed by atoms with Gasteiger partial charge in [-0.05, 0) is 110 Å². The second-order valence-electron chi connectivity index (χ2n) is 9.90. The molecule has 4 aliphatic rings. The van der Waals surface area contributed by atoms with Gasteiger partial charge in [-0.15, -0.1) is 0 Å². The highest BCUT2D eigenvalue weighted by molar-refractivity contribution is 6.02. The molecule has 5 heteroatoms. The number of aryl methyl sites for hydroxylation is 1. The molecule has 0 heterocycles. The maximum absolute atomic E-state index is 12.4. The third-order valence-electron chi connectivity index (χ3n) is 7.67. The molecule has 1 amide bonds. The number of hydrogen-bond acceptors (Lipinski definition) is 3. The van der Waals surface area contributed by atoms with Crippen molar-refractivity contribution in [2.45, 2.75) is 50.9 Å². The Kier molecular flexibility index (Phi) is 4.92.